The molecule has 150 valence electrons. The maximum Gasteiger partial charge on any atom is 0.191 e. The fourth-order valence-corrected chi connectivity index (χ4v) is 4.91. The summed E-state index contributed by atoms with van der Waals surface area (Å²) in [5.74, 6) is 2.54. The van der Waals surface area contributed by atoms with Crippen LogP contribution in [0.4, 0.5) is 0 Å². The van der Waals surface area contributed by atoms with Gasteiger partial charge in [0, 0.05) is 47.9 Å². The lowest BCUT2D eigenvalue weighted by atomic mass is 9.95. The largest absolute Gasteiger partial charge is 0.356 e. The molecule has 0 spiro atoms. The highest BCUT2D eigenvalue weighted by molar-refractivity contribution is 14.0. The molecule has 8 heteroatoms. The van der Waals surface area contributed by atoms with E-state index in [-0.39, 0.29) is 24.0 Å². The predicted molar refractivity (Wildman–Crippen MR) is 124 cm³/mol. The van der Waals surface area contributed by atoms with E-state index in [9.17, 15) is 4.21 Å². The van der Waals surface area contributed by atoms with Crippen molar-refractivity contribution < 1.29 is 4.21 Å². The van der Waals surface area contributed by atoms with Crippen LogP contribution in [0.15, 0.2) is 29.3 Å². The van der Waals surface area contributed by atoms with Crippen LogP contribution in [0.1, 0.15) is 38.4 Å². The number of aromatic nitrogens is 2. The lowest BCUT2D eigenvalue weighted by Crippen LogP contribution is -2.47. The van der Waals surface area contributed by atoms with Crippen molar-refractivity contribution in [2.75, 3.05) is 19.3 Å². The standard InChI is InChI=1S/C19H29N5OS.HI/c1-3-26(25)15-8-6-7-14(13-15)22-19(20-2)21-12-11-18-23-16-9-4-5-10-17(16)24-18;/h4-5,9-10,14-15H,3,6-8,11-13H2,1-2H3,(H,23,24)(H2,20,21,22);1H. The zero-order chi connectivity index (χ0) is 18.4. The topological polar surface area (TPSA) is 82.2 Å². The molecule has 3 unspecified atom stereocenters. The van der Waals surface area contributed by atoms with Gasteiger partial charge in [0.1, 0.15) is 5.82 Å². The summed E-state index contributed by atoms with van der Waals surface area (Å²) in [5, 5.41) is 7.19. The molecule has 1 heterocycles. The molecule has 1 saturated carbocycles. The van der Waals surface area contributed by atoms with E-state index in [2.05, 4.69) is 25.6 Å². The Bertz CT molecular complexity index is 745. The van der Waals surface area contributed by atoms with Gasteiger partial charge >= 0.3 is 0 Å². The summed E-state index contributed by atoms with van der Waals surface area (Å²) in [6, 6.07) is 8.42. The van der Waals surface area contributed by atoms with Crippen LogP contribution in [0, 0.1) is 0 Å². The molecule has 0 bridgehead atoms. The summed E-state index contributed by atoms with van der Waals surface area (Å²) in [6.07, 6.45) is 5.09. The van der Waals surface area contributed by atoms with Crippen molar-refractivity contribution in [3.05, 3.63) is 30.1 Å². The molecule has 1 aromatic carbocycles. The number of fused-ring (bicyclic) bond motifs is 1. The molecule has 1 fully saturated rings. The highest BCUT2D eigenvalue weighted by Gasteiger charge is 2.25. The Morgan fingerprint density at radius 2 is 2.19 bits per heavy atom. The van der Waals surface area contributed by atoms with Gasteiger partial charge in [-0.3, -0.25) is 9.20 Å². The Balaban J connectivity index is 0.00000261. The average molecular weight is 503 g/mol. The van der Waals surface area contributed by atoms with Crippen LogP contribution < -0.4 is 10.6 Å². The first kappa shape index (κ1) is 22.1. The molecule has 2 aromatic rings. The number of halogens is 1. The van der Waals surface area contributed by atoms with E-state index in [1.54, 1.807) is 7.05 Å². The Morgan fingerprint density at radius 1 is 1.37 bits per heavy atom. The first-order valence-electron chi connectivity index (χ1n) is 9.47. The number of nitrogens with zero attached hydrogens (tertiary/aromatic N) is 2. The minimum atomic E-state index is -0.702. The predicted octanol–water partition coefficient (Wildman–Crippen LogP) is 2.97. The van der Waals surface area contributed by atoms with Gasteiger partial charge in [0.05, 0.1) is 11.0 Å². The number of H-pyrrole nitrogens is 1. The molecule has 0 radical (unpaired) electrons. The van der Waals surface area contributed by atoms with Crippen molar-refractivity contribution >= 4 is 51.8 Å². The number of hydrogen-bond acceptors (Lipinski definition) is 3. The number of benzene rings is 1. The Morgan fingerprint density at radius 3 is 2.93 bits per heavy atom. The number of guanidine groups is 1. The van der Waals surface area contributed by atoms with Crippen LogP contribution in [0.25, 0.3) is 11.0 Å². The molecule has 27 heavy (non-hydrogen) atoms. The van der Waals surface area contributed by atoms with Gasteiger partial charge in [-0.05, 0) is 31.4 Å². The maximum absolute atomic E-state index is 12.1. The fourth-order valence-electron chi connectivity index (χ4n) is 3.56. The highest BCUT2D eigenvalue weighted by Crippen LogP contribution is 2.22. The molecular weight excluding hydrogens is 473 g/mol. The first-order valence-corrected chi connectivity index (χ1v) is 10.9. The molecular formula is C19H30IN5OS. The summed E-state index contributed by atoms with van der Waals surface area (Å²) >= 11 is 0. The minimum Gasteiger partial charge on any atom is -0.356 e. The number of nitrogens with one attached hydrogen (secondary N) is 3. The van der Waals surface area contributed by atoms with Crippen LogP contribution in [-0.2, 0) is 17.2 Å². The summed E-state index contributed by atoms with van der Waals surface area (Å²) < 4.78 is 12.1. The van der Waals surface area contributed by atoms with Gasteiger partial charge in [-0.15, -0.1) is 24.0 Å². The first-order chi connectivity index (χ1) is 12.7. The number of hydrogen-bond donors (Lipinski definition) is 3. The second-order valence-corrected chi connectivity index (χ2v) is 8.75. The van der Waals surface area contributed by atoms with E-state index in [1.807, 2.05) is 31.2 Å². The Kier molecular flexibility index (Phi) is 9.01. The second-order valence-electron chi connectivity index (χ2n) is 6.75. The van der Waals surface area contributed by atoms with Gasteiger partial charge in [-0.25, -0.2) is 4.98 Å². The van der Waals surface area contributed by atoms with E-state index >= 15 is 0 Å². The average Bonchev–Trinajstić information content (AvgIpc) is 3.09. The molecule has 6 nitrogen and oxygen atoms in total. The van der Waals surface area contributed by atoms with Crippen molar-refractivity contribution in [2.45, 2.75) is 50.3 Å². The molecule has 3 N–H and O–H groups in total. The summed E-state index contributed by atoms with van der Waals surface area (Å²) in [4.78, 5) is 12.3. The summed E-state index contributed by atoms with van der Waals surface area (Å²) in [5.41, 5.74) is 2.07. The van der Waals surface area contributed by atoms with Crippen LogP contribution >= 0.6 is 24.0 Å². The third-order valence-electron chi connectivity index (χ3n) is 4.94. The smallest absolute Gasteiger partial charge is 0.191 e. The molecule has 3 atom stereocenters. The molecule has 1 aliphatic rings. The highest BCUT2D eigenvalue weighted by atomic mass is 127. The van der Waals surface area contributed by atoms with E-state index in [0.29, 0.717) is 11.3 Å². The van der Waals surface area contributed by atoms with Crippen molar-refractivity contribution in [1.29, 1.82) is 0 Å². The van der Waals surface area contributed by atoms with Gasteiger partial charge in [0.15, 0.2) is 5.96 Å². The number of imidazole rings is 1. The number of rotatable bonds is 6. The number of aliphatic imine (C=N–C) groups is 1. The van der Waals surface area contributed by atoms with E-state index in [1.165, 1.54) is 0 Å². The van der Waals surface area contributed by atoms with Crippen molar-refractivity contribution in [2.24, 2.45) is 4.99 Å². The summed E-state index contributed by atoms with van der Waals surface area (Å²) in [6.45, 7) is 2.77. The Hall–Kier alpha value is -1.16. The van der Waals surface area contributed by atoms with Crippen molar-refractivity contribution in [3.63, 3.8) is 0 Å². The van der Waals surface area contributed by atoms with E-state index in [0.717, 1.165) is 67.2 Å². The third-order valence-corrected chi connectivity index (χ3v) is 6.68. The van der Waals surface area contributed by atoms with Crippen LogP contribution in [0.3, 0.4) is 0 Å². The molecule has 3 rings (SSSR count). The number of para-hydroxylation sites is 2. The monoisotopic (exact) mass is 503 g/mol. The van der Waals surface area contributed by atoms with E-state index in [4.69, 9.17) is 0 Å². The minimum absolute atomic E-state index is 0. The quantitative estimate of drug-likeness (QED) is 0.322. The van der Waals surface area contributed by atoms with Gasteiger partial charge < -0.3 is 15.6 Å². The molecule has 0 amide bonds. The normalized spacial score (nSPS) is 21.5. The van der Waals surface area contributed by atoms with Crippen LogP contribution in [0.5, 0.6) is 0 Å². The zero-order valence-electron chi connectivity index (χ0n) is 16.0. The van der Waals surface area contributed by atoms with Gasteiger partial charge in [0.25, 0.3) is 0 Å². The molecule has 0 saturated heterocycles. The van der Waals surface area contributed by atoms with Gasteiger partial charge in [-0.2, -0.15) is 0 Å². The molecule has 1 aromatic heterocycles. The maximum atomic E-state index is 12.1. The fraction of sp³-hybridized carbons (Fsp3) is 0.579. The van der Waals surface area contributed by atoms with Gasteiger partial charge in [0.2, 0.25) is 0 Å². The number of aromatic amines is 1. The third kappa shape index (κ3) is 6.17. The second kappa shape index (κ2) is 11.0. The van der Waals surface area contributed by atoms with Crippen molar-refractivity contribution in [1.82, 2.24) is 20.6 Å². The van der Waals surface area contributed by atoms with Crippen molar-refractivity contribution in [3.8, 4) is 0 Å². The lowest BCUT2D eigenvalue weighted by molar-refractivity contribution is 0.413. The zero-order valence-corrected chi connectivity index (χ0v) is 19.2. The molecule has 0 aliphatic heterocycles. The molecule has 1 aliphatic carbocycles. The van der Waals surface area contributed by atoms with E-state index < -0.39 is 10.8 Å². The summed E-state index contributed by atoms with van der Waals surface area (Å²) in [7, 11) is 1.09. The van der Waals surface area contributed by atoms with Gasteiger partial charge in [-0.1, -0.05) is 25.5 Å². The van der Waals surface area contributed by atoms with Crippen LogP contribution in [0.2, 0.25) is 0 Å². The van der Waals surface area contributed by atoms with Crippen LogP contribution in [-0.4, -0.2) is 50.8 Å². The Labute approximate surface area is 180 Å². The SMILES string of the molecule is CCS(=O)C1CCCC(NC(=NC)NCCc2nc3ccccc3[nH]2)C1.I. The lowest BCUT2D eigenvalue weighted by Gasteiger charge is -2.30.